The van der Waals surface area contributed by atoms with Crippen molar-refractivity contribution in [1.29, 1.82) is 0 Å². The number of aliphatic hydroxyl groups is 1. The van der Waals surface area contributed by atoms with Gasteiger partial charge in [-0.15, -0.1) is 0 Å². The molecule has 0 aliphatic carbocycles. The van der Waals surface area contributed by atoms with Crippen molar-refractivity contribution in [2.24, 2.45) is 0 Å². The van der Waals surface area contributed by atoms with E-state index in [0.717, 1.165) is 31.1 Å². The predicted octanol–water partition coefficient (Wildman–Crippen LogP) is 1.83. The van der Waals surface area contributed by atoms with Gasteiger partial charge in [-0.05, 0) is 24.5 Å². The number of nitrogens with one attached hydrogen (secondary N) is 1. The maximum atomic E-state index is 9.11. The van der Waals surface area contributed by atoms with E-state index in [1.165, 1.54) is 11.1 Å². The van der Waals surface area contributed by atoms with E-state index in [9.17, 15) is 0 Å². The Morgan fingerprint density at radius 3 is 2.90 bits per heavy atom. The molecule has 5 heteroatoms. The minimum Gasteiger partial charge on any atom is -0.394 e. The molecule has 3 rings (SSSR count). The fourth-order valence-corrected chi connectivity index (χ4v) is 2.59. The Hall–Kier alpha value is -2.14. The topological polar surface area (TPSA) is 61.3 Å². The van der Waals surface area contributed by atoms with Gasteiger partial charge in [-0.2, -0.15) is 0 Å². The van der Waals surface area contributed by atoms with Gasteiger partial charge in [-0.1, -0.05) is 24.3 Å². The van der Waals surface area contributed by atoms with Crippen LogP contribution in [0.15, 0.2) is 36.7 Å². The van der Waals surface area contributed by atoms with E-state index >= 15 is 0 Å². The molecular formula is C16H20N4O. The largest absolute Gasteiger partial charge is 0.394 e. The van der Waals surface area contributed by atoms with Crippen LogP contribution in [0, 0.1) is 0 Å². The lowest BCUT2D eigenvalue weighted by atomic mass is 10.00. The molecule has 1 aromatic carbocycles. The van der Waals surface area contributed by atoms with E-state index in [4.69, 9.17) is 5.11 Å². The average Bonchev–Trinajstić information content (AvgIpc) is 2.54. The van der Waals surface area contributed by atoms with Crippen LogP contribution in [0.25, 0.3) is 0 Å². The molecule has 0 radical (unpaired) electrons. The summed E-state index contributed by atoms with van der Waals surface area (Å²) in [5.74, 6) is 1.67. The third-order valence-electron chi connectivity index (χ3n) is 3.78. The summed E-state index contributed by atoms with van der Waals surface area (Å²) in [5.41, 5.74) is 2.79. The van der Waals surface area contributed by atoms with Gasteiger partial charge in [-0.3, -0.25) is 0 Å². The number of hydrogen-bond donors (Lipinski definition) is 2. The van der Waals surface area contributed by atoms with Crippen molar-refractivity contribution in [3.8, 4) is 0 Å². The Bertz CT molecular complexity index is 617. The Morgan fingerprint density at radius 1 is 1.29 bits per heavy atom. The summed E-state index contributed by atoms with van der Waals surface area (Å²) in [7, 11) is 0. The van der Waals surface area contributed by atoms with Crippen LogP contribution in [0.2, 0.25) is 0 Å². The number of nitrogens with zero attached hydrogens (tertiary/aromatic N) is 3. The molecule has 1 aliphatic heterocycles. The van der Waals surface area contributed by atoms with Crippen LogP contribution in [-0.4, -0.2) is 34.3 Å². The van der Waals surface area contributed by atoms with Crippen molar-refractivity contribution < 1.29 is 5.11 Å². The van der Waals surface area contributed by atoms with Crippen LogP contribution < -0.4 is 10.2 Å². The maximum Gasteiger partial charge on any atom is 0.134 e. The van der Waals surface area contributed by atoms with Gasteiger partial charge < -0.3 is 15.3 Å². The zero-order chi connectivity index (χ0) is 14.7. The molecule has 21 heavy (non-hydrogen) atoms. The fraction of sp³-hybridized carbons (Fsp3) is 0.375. The van der Waals surface area contributed by atoms with Gasteiger partial charge in [0.2, 0.25) is 0 Å². The lowest BCUT2D eigenvalue weighted by molar-refractivity contribution is 0.281. The van der Waals surface area contributed by atoms with E-state index in [2.05, 4.69) is 44.5 Å². The third kappa shape index (κ3) is 3.13. The van der Waals surface area contributed by atoms with Gasteiger partial charge in [0.1, 0.15) is 18.0 Å². The minimum absolute atomic E-state index is 0.0187. The highest BCUT2D eigenvalue weighted by Gasteiger charge is 2.17. The van der Waals surface area contributed by atoms with Crippen molar-refractivity contribution in [2.45, 2.75) is 25.9 Å². The first-order valence-electron chi connectivity index (χ1n) is 7.27. The first-order chi connectivity index (χ1) is 10.3. The smallest absolute Gasteiger partial charge is 0.134 e. The molecule has 1 aromatic heterocycles. The molecule has 0 saturated carbocycles. The fourth-order valence-electron chi connectivity index (χ4n) is 2.59. The van der Waals surface area contributed by atoms with E-state index in [0.29, 0.717) is 0 Å². The first kappa shape index (κ1) is 13.8. The van der Waals surface area contributed by atoms with E-state index in [1.807, 2.05) is 13.0 Å². The number of rotatable bonds is 4. The summed E-state index contributed by atoms with van der Waals surface area (Å²) < 4.78 is 0. The number of aliphatic hydroxyl groups excluding tert-OH is 1. The SMILES string of the molecule is C[C@@H](CO)Nc1cc(N2CCc3ccccc3C2)ncn1. The predicted molar refractivity (Wildman–Crippen MR) is 83.4 cm³/mol. The Labute approximate surface area is 124 Å². The molecule has 110 valence electrons. The molecule has 2 N–H and O–H groups in total. The second kappa shape index (κ2) is 6.10. The van der Waals surface area contributed by atoms with Crippen LogP contribution in [-0.2, 0) is 13.0 Å². The van der Waals surface area contributed by atoms with Crippen molar-refractivity contribution >= 4 is 11.6 Å². The van der Waals surface area contributed by atoms with Gasteiger partial charge in [0.05, 0.1) is 6.61 Å². The monoisotopic (exact) mass is 284 g/mol. The second-order valence-electron chi connectivity index (χ2n) is 5.43. The van der Waals surface area contributed by atoms with Gasteiger partial charge >= 0.3 is 0 Å². The Balaban J connectivity index is 1.77. The van der Waals surface area contributed by atoms with Crippen LogP contribution in [0.3, 0.4) is 0 Å². The third-order valence-corrected chi connectivity index (χ3v) is 3.78. The highest BCUT2D eigenvalue weighted by Crippen LogP contribution is 2.23. The van der Waals surface area contributed by atoms with Crippen LogP contribution in [0.4, 0.5) is 11.6 Å². The van der Waals surface area contributed by atoms with Gasteiger partial charge in [0.25, 0.3) is 0 Å². The second-order valence-corrected chi connectivity index (χ2v) is 5.43. The molecule has 0 amide bonds. The van der Waals surface area contributed by atoms with Gasteiger partial charge in [-0.25, -0.2) is 9.97 Å². The lowest BCUT2D eigenvalue weighted by Crippen LogP contribution is -2.31. The Kier molecular flexibility index (Phi) is 4.01. The molecular weight excluding hydrogens is 264 g/mol. The first-order valence-corrected chi connectivity index (χ1v) is 7.27. The molecule has 1 aliphatic rings. The number of fused-ring (bicyclic) bond motifs is 1. The van der Waals surface area contributed by atoms with E-state index < -0.39 is 0 Å². The number of hydrogen-bond acceptors (Lipinski definition) is 5. The molecule has 1 atom stereocenters. The zero-order valence-corrected chi connectivity index (χ0v) is 12.2. The van der Waals surface area contributed by atoms with Crippen molar-refractivity contribution in [3.63, 3.8) is 0 Å². The normalized spacial score (nSPS) is 15.4. The molecule has 0 unspecified atom stereocenters. The van der Waals surface area contributed by atoms with Crippen molar-refractivity contribution in [1.82, 2.24) is 9.97 Å². The number of anilines is 2. The van der Waals surface area contributed by atoms with E-state index in [1.54, 1.807) is 6.33 Å². The summed E-state index contributed by atoms with van der Waals surface area (Å²) >= 11 is 0. The zero-order valence-electron chi connectivity index (χ0n) is 12.2. The van der Waals surface area contributed by atoms with Crippen LogP contribution in [0.1, 0.15) is 18.1 Å². The average molecular weight is 284 g/mol. The van der Waals surface area contributed by atoms with Crippen LogP contribution >= 0.6 is 0 Å². The van der Waals surface area contributed by atoms with Crippen molar-refractivity contribution in [2.75, 3.05) is 23.4 Å². The summed E-state index contributed by atoms with van der Waals surface area (Å²) in [4.78, 5) is 10.9. The van der Waals surface area contributed by atoms with Gasteiger partial charge in [0, 0.05) is 25.2 Å². The molecule has 2 heterocycles. The maximum absolute atomic E-state index is 9.11. The molecule has 0 spiro atoms. The summed E-state index contributed by atoms with van der Waals surface area (Å²) in [6.45, 7) is 3.83. The highest BCUT2D eigenvalue weighted by molar-refractivity contribution is 5.50. The lowest BCUT2D eigenvalue weighted by Gasteiger charge is -2.29. The standard InChI is InChI=1S/C16H20N4O/c1-12(10-21)19-15-8-16(18-11-17-15)20-7-6-13-4-2-3-5-14(13)9-20/h2-5,8,11-12,21H,6-7,9-10H2,1H3,(H,17,18,19)/t12-/m0/s1. The highest BCUT2D eigenvalue weighted by atomic mass is 16.3. The quantitative estimate of drug-likeness (QED) is 0.897. The molecule has 0 bridgehead atoms. The number of benzene rings is 1. The summed E-state index contributed by atoms with van der Waals surface area (Å²) in [5, 5.41) is 12.3. The summed E-state index contributed by atoms with van der Waals surface area (Å²) in [6, 6.07) is 10.5. The molecule has 5 nitrogen and oxygen atoms in total. The van der Waals surface area contributed by atoms with Crippen molar-refractivity contribution in [3.05, 3.63) is 47.8 Å². The van der Waals surface area contributed by atoms with Crippen LogP contribution in [0.5, 0.6) is 0 Å². The number of aromatic nitrogens is 2. The summed E-state index contributed by atoms with van der Waals surface area (Å²) in [6.07, 6.45) is 2.61. The molecule has 0 fully saturated rings. The molecule has 2 aromatic rings. The minimum atomic E-state index is -0.0187. The van der Waals surface area contributed by atoms with Gasteiger partial charge in [0.15, 0.2) is 0 Å². The van der Waals surface area contributed by atoms with E-state index in [-0.39, 0.29) is 12.6 Å². The Morgan fingerprint density at radius 2 is 2.10 bits per heavy atom. The molecule has 0 saturated heterocycles.